The molecular formula is C16H24N2O2. The van der Waals surface area contributed by atoms with Crippen LogP contribution in [0.5, 0.6) is 0 Å². The van der Waals surface area contributed by atoms with Crippen LogP contribution in [0, 0.1) is 5.41 Å². The minimum Gasteiger partial charge on any atom is -0.396 e. The van der Waals surface area contributed by atoms with E-state index in [0.717, 1.165) is 31.6 Å². The quantitative estimate of drug-likeness (QED) is 0.747. The smallest absolute Gasteiger partial charge is 0.221 e. The van der Waals surface area contributed by atoms with Gasteiger partial charge in [-0.2, -0.15) is 0 Å². The average Bonchev–Trinajstić information content (AvgIpc) is 2.90. The van der Waals surface area contributed by atoms with Crippen LogP contribution in [-0.2, 0) is 11.3 Å². The highest BCUT2D eigenvalue weighted by Crippen LogP contribution is 2.36. The summed E-state index contributed by atoms with van der Waals surface area (Å²) in [7, 11) is 0. The van der Waals surface area contributed by atoms with E-state index in [4.69, 9.17) is 0 Å². The molecule has 110 valence electrons. The molecule has 0 aromatic heterocycles. The van der Waals surface area contributed by atoms with E-state index in [1.165, 1.54) is 25.3 Å². The van der Waals surface area contributed by atoms with Crippen LogP contribution in [0.3, 0.4) is 0 Å². The van der Waals surface area contributed by atoms with Crippen LogP contribution in [0.25, 0.3) is 0 Å². The van der Waals surface area contributed by atoms with Crippen molar-refractivity contribution in [3.8, 4) is 0 Å². The van der Waals surface area contributed by atoms with Gasteiger partial charge in [-0.25, -0.2) is 0 Å². The molecule has 0 atom stereocenters. The van der Waals surface area contributed by atoms with E-state index in [2.05, 4.69) is 10.6 Å². The number of aliphatic hydroxyl groups is 1. The Balaban J connectivity index is 1.80. The maximum atomic E-state index is 10.9. The molecule has 20 heavy (non-hydrogen) atoms. The summed E-state index contributed by atoms with van der Waals surface area (Å²) in [5.41, 5.74) is 2.10. The molecule has 2 rings (SSSR count). The molecule has 1 fully saturated rings. The molecule has 0 bridgehead atoms. The highest BCUT2D eigenvalue weighted by atomic mass is 16.3. The van der Waals surface area contributed by atoms with Crippen LogP contribution in [0.2, 0.25) is 0 Å². The average molecular weight is 276 g/mol. The molecule has 1 aliphatic rings. The number of amides is 1. The Kier molecular flexibility index (Phi) is 5.15. The van der Waals surface area contributed by atoms with Gasteiger partial charge < -0.3 is 15.7 Å². The minimum atomic E-state index is -0.0537. The van der Waals surface area contributed by atoms with Crippen molar-refractivity contribution in [1.29, 1.82) is 0 Å². The minimum absolute atomic E-state index is 0.0537. The van der Waals surface area contributed by atoms with E-state index >= 15 is 0 Å². The van der Waals surface area contributed by atoms with Crippen molar-refractivity contribution in [3.63, 3.8) is 0 Å². The van der Waals surface area contributed by atoms with Gasteiger partial charge in [-0.3, -0.25) is 4.79 Å². The van der Waals surface area contributed by atoms with Crippen LogP contribution >= 0.6 is 0 Å². The second kappa shape index (κ2) is 6.86. The Bertz CT molecular complexity index is 436. The maximum absolute atomic E-state index is 10.9. The standard InChI is InChI=1S/C16H24N2O2/c1-13(20)18-15-6-4-14(5-7-15)10-17-11-16(12-19)8-2-3-9-16/h4-7,17,19H,2-3,8-12H2,1H3,(H,18,20). The number of aliphatic hydroxyl groups excluding tert-OH is 1. The summed E-state index contributed by atoms with van der Waals surface area (Å²) >= 11 is 0. The molecule has 0 heterocycles. The van der Waals surface area contributed by atoms with E-state index in [1.54, 1.807) is 0 Å². The summed E-state index contributed by atoms with van der Waals surface area (Å²) in [6.07, 6.45) is 4.71. The van der Waals surface area contributed by atoms with Gasteiger partial charge in [0.15, 0.2) is 0 Å². The van der Waals surface area contributed by atoms with Crippen LogP contribution in [0.15, 0.2) is 24.3 Å². The summed E-state index contributed by atoms with van der Waals surface area (Å²) in [4.78, 5) is 10.9. The number of anilines is 1. The normalized spacial score (nSPS) is 17.1. The van der Waals surface area contributed by atoms with E-state index in [-0.39, 0.29) is 17.9 Å². The Morgan fingerprint density at radius 3 is 2.45 bits per heavy atom. The second-order valence-corrected chi connectivity index (χ2v) is 5.85. The molecule has 1 saturated carbocycles. The van der Waals surface area contributed by atoms with Gasteiger partial charge in [0.05, 0.1) is 0 Å². The summed E-state index contributed by atoms with van der Waals surface area (Å²) in [5.74, 6) is -0.0537. The summed E-state index contributed by atoms with van der Waals surface area (Å²) in [5, 5.41) is 15.8. The molecule has 1 aliphatic carbocycles. The predicted octanol–water partition coefficient (Wildman–Crippen LogP) is 2.29. The van der Waals surface area contributed by atoms with Crippen molar-refractivity contribution < 1.29 is 9.90 Å². The van der Waals surface area contributed by atoms with Gasteiger partial charge in [-0.1, -0.05) is 25.0 Å². The number of nitrogens with one attached hydrogen (secondary N) is 2. The highest BCUT2D eigenvalue weighted by molar-refractivity contribution is 5.88. The van der Waals surface area contributed by atoms with E-state index in [9.17, 15) is 9.90 Å². The lowest BCUT2D eigenvalue weighted by Crippen LogP contribution is -2.34. The van der Waals surface area contributed by atoms with Gasteiger partial charge in [0.1, 0.15) is 0 Å². The van der Waals surface area contributed by atoms with Crippen molar-refractivity contribution in [2.75, 3.05) is 18.5 Å². The number of hydrogen-bond acceptors (Lipinski definition) is 3. The lowest BCUT2D eigenvalue weighted by Gasteiger charge is -2.26. The van der Waals surface area contributed by atoms with Crippen LogP contribution < -0.4 is 10.6 Å². The zero-order valence-electron chi connectivity index (χ0n) is 12.1. The SMILES string of the molecule is CC(=O)Nc1ccc(CNCC2(CO)CCCC2)cc1. The zero-order chi connectivity index (χ0) is 14.4. The number of carbonyl (C=O) groups is 1. The zero-order valence-corrected chi connectivity index (χ0v) is 12.1. The third-order valence-electron chi connectivity index (χ3n) is 4.10. The first-order chi connectivity index (χ1) is 9.63. The molecule has 0 unspecified atom stereocenters. The Labute approximate surface area is 120 Å². The molecule has 0 radical (unpaired) electrons. The first-order valence-electron chi connectivity index (χ1n) is 7.32. The molecule has 4 heteroatoms. The number of hydrogen-bond donors (Lipinski definition) is 3. The fraction of sp³-hybridized carbons (Fsp3) is 0.562. The third-order valence-corrected chi connectivity index (χ3v) is 4.10. The fourth-order valence-corrected chi connectivity index (χ4v) is 2.90. The lowest BCUT2D eigenvalue weighted by atomic mass is 9.87. The summed E-state index contributed by atoms with van der Waals surface area (Å²) in [6.45, 7) is 3.45. The molecule has 0 spiro atoms. The van der Waals surface area contributed by atoms with Crippen molar-refractivity contribution in [1.82, 2.24) is 5.32 Å². The first-order valence-corrected chi connectivity index (χ1v) is 7.32. The second-order valence-electron chi connectivity index (χ2n) is 5.85. The van der Waals surface area contributed by atoms with Gasteiger partial charge in [-0.05, 0) is 30.5 Å². The van der Waals surface area contributed by atoms with Crippen molar-refractivity contribution >= 4 is 11.6 Å². The van der Waals surface area contributed by atoms with Gasteiger partial charge >= 0.3 is 0 Å². The Morgan fingerprint density at radius 2 is 1.90 bits per heavy atom. The predicted molar refractivity (Wildman–Crippen MR) is 80.4 cm³/mol. The molecule has 1 amide bonds. The Morgan fingerprint density at radius 1 is 1.25 bits per heavy atom. The van der Waals surface area contributed by atoms with E-state index in [0.29, 0.717) is 0 Å². The lowest BCUT2D eigenvalue weighted by molar-refractivity contribution is -0.114. The van der Waals surface area contributed by atoms with Crippen LogP contribution in [-0.4, -0.2) is 24.2 Å². The van der Waals surface area contributed by atoms with Crippen LogP contribution in [0.1, 0.15) is 38.2 Å². The van der Waals surface area contributed by atoms with Crippen molar-refractivity contribution in [2.24, 2.45) is 5.41 Å². The number of rotatable bonds is 6. The molecule has 4 nitrogen and oxygen atoms in total. The molecular weight excluding hydrogens is 252 g/mol. The molecule has 1 aromatic carbocycles. The fourth-order valence-electron chi connectivity index (χ4n) is 2.90. The highest BCUT2D eigenvalue weighted by Gasteiger charge is 2.32. The van der Waals surface area contributed by atoms with Crippen molar-refractivity contribution in [3.05, 3.63) is 29.8 Å². The maximum Gasteiger partial charge on any atom is 0.221 e. The van der Waals surface area contributed by atoms with E-state index < -0.39 is 0 Å². The molecule has 1 aromatic rings. The molecule has 0 saturated heterocycles. The van der Waals surface area contributed by atoms with Crippen molar-refractivity contribution in [2.45, 2.75) is 39.2 Å². The van der Waals surface area contributed by atoms with Crippen LogP contribution in [0.4, 0.5) is 5.69 Å². The third kappa shape index (κ3) is 4.05. The van der Waals surface area contributed by atoms with Gasteiger partial charge in [-0.15, -0.1) is 0 Å². The van der Waals surface area contributed by atoms with E-state index in [1.807, 2.05) is 24.3 Å². The van der Waals surface area contributed by atoms with Gasteiger partial charge in [0, 0.05) is 37.7 Å². The van der Waals surface area contributed by atoms with Gasteiger partial charge in [0.25, 0.3) is 0 Å². The summed E-state index contributed by atoms with van der Waals surface area (Å²) < 4.78 is 0. The largest absolute Gasteiger partial charge is 0.396 e. The topological polar surface area (TPSA) is 61.4 Å². The number of carbonyl (C=O) groups excluding carboxylic acids is 1. The monoisotopic (exact) mass is 276 g/mol. The number of benzene rings is 1. The molecule has 0 aliphatic heterocycles. The Hall–Kier alpha value is -1.39. The first kappa shape index (κ1) is 15.0. The molecule has 3 N–H and O–H groups in total. The van der Waals surface area contributed by atoms with Gasteiger partial charge in [0.2, 0.25) is 5.91 Å². The summed E-state index contributed by atoms with van der Waals surface area (Å²) in [6, 6.07) is 7.85.